The molecule has 0 bridgehead atoms. The molecule has 0 spiro atoms. The molecule has 0 aliphatic carbocycles. The minimum absolute atomic E-state index is 0.215. The van der Waals surface area contributed by atoms with Crippen LogP contribution in [0.1, 0.15) is 5.56 Å². The zero-order valence-electron chi connectivity index (χ0n) is 8.67. The molecule has 0 aliphatic rings. The third kappa shape index (κ3) is 2.84. The van der Waals surface area contributed by atoms with E-state index < -0.39 is 0 Å². The highest BCUT2D eigenvalue weighted by molar-refractivity contribution is 6.42. The molecule has 86 valence electrons. The highest BCUT2D eigenvalue weighted by Gasteiger charge is 2.11. The van der Waals surface area contributed by atoms with Crippen molar-refractivity contribution in [2.75, 3.05) is 12.8 Å². The summed E-state index contributed by atoms with van der Waals surface area (Å²) in [6.45, 7) is 0. The fourth-order valence-corrected chi connectivity index (χ4v) is 1.48. The molecule has 5 nitrogen and oxygen atoms in total. The second-order valence-electron chi connectivity index (χ2n) is 3.23. The Labute approximate surface area is 103 Å². The Balaban J connectivity index is 2.98. The van der Waals surface area contributed by atoms with Crippen LogP contribution in [0, 0.1) is 5.41 Å². The van der Waals surface area contributed by atoms with E-state index in [-0.39, 0.29) is 5.84 Å². The van der Waals surface area contributed by atoms with Crippen molar-refractivity contribution >= 4 is 34.7 Å². The lowest BCUT2D eigenvalue weighted by molar-refractivity contribution is -0.455. The zero-order chi connectivity index (χ0) is 12.3. The molecule has 1 rings (SSSR count). The number of likely N-dealkylation sites (N-methyl/N-ethyl adjacent to an activating group) is 1. The maximum Gasteiger partial charge on any atom is 0.252 e. The Morgan fingerprint density at radius 2 is 2.00 bits per heavy atom. The summed E-state index contributed by atoms with van der Waals surface area (Å²) in [4.78, 5) is 0. The molecule has 7 heteroatoms. The molecule has 0 aliphatic heterocycles. The Morgan fingerprint density at radius 1 is 1.44 bits per heavy atom. The molecule has 0 aromatic heterocycles. The first-order valence-corrected chi connectivity index (χ1v) is 5.16. The summed E-state index contributed by atoms with van der Waals surface area (Å²) < 4.78 is 1.25. The van der Waals surface area contributed by atoms with Crippen molar-refractivity contribution in [1.29, 1.82) is 5.41 Å². The van der Waals surface area contributed by atoms with Crippen LogP contribution in [0.3, 0.4) is 0 Å². The van der Waals surface area contributed by atoms with Crippen LogP contribution in [0.15, 0.2) is 17.4 Å². The van der Waals surface area contributed by atoms with Gasteiger partial charge in [-0.1, -0.05) is 23.2 Å². The second kappa shape index (κ2) is 5.14. The Kier molecular flexibility index (Phi) is 4.09. The van der Waals surface area contributed by atoms with Gasteiger partial charge in [0.05, 0.1) is 23.5 Å². The predicted octanol–water partition coefficient (Wildman–Crippen LogP) is 2.06. The number of nitrogens with zero attached hydrogens (tertiary/aromatic N) is 2. The number of amidine groups is 1. The van der Waals surface area contributed by atoms with Crippen molar-refractivity contribution < 1.29 is 4.70 Å². The molecular weight excluding hydrogens is 249 g/mol. The van der Waals surface area contributed by atoms with E-state index >= 15 is 0 Å². The van der Waals surface area contributed by atoms with Crippen LogP contribution in [-0.2, 0) is 6.42 Å². The average molecular weight is 261 g/mol. The average Bonchev–Trinajstić information content (AvgIpc) is 2.24. The van der Waals surface area contributed by atoms with Gasteiger partial charge in [-0.2, -0.15) is 5.41 Å². The molecule has 0 fully saturated rings. The van der Waals surface area contributed by atoms with E-state index in [4.69, 9.17) is 40.2 Å². The molecule has 0 radical (unpaired) electrons. The summed E-state index contributed by atoms with van der Waals surface area (Å²) in [6, 6.07) is 3.20. The topological polar surface area (TPSA) is 91.3 Å². The van der Waals surface area contributed by atoms with Gasteiger partial charge in [0.25, 0.3) is 5.84 Å². The monoisotopic (exact) mass is 260 g/mol. The van der Waals surface area contributed by atoms with E-state index in [1.165, 1.54) is 4.70 Å². The molecule has 0 saturated carbocycles. The number of nitrogens with two attached hydrogens (primary N) is 2. The largest absolute Gasteiger partial charge is 0.398 e. The van der Waals surface area contributed by atoms with Crippen LogP contribution in [0.5, 0.6) is 0 Å². The van der Waals surface area contributed by atoms with E-state index in [0.29, 0.717) is 22.2 Å². The van der Waals surface area contributed by atoms with Crippen molar-refractivity contribution in [3.63, 3.8) is 0 Å². The number of rotatable bonds is 2. The van der Waals surface area contributed by atoms with Crippen molar-refractivity contribution in [2.45, 2.75) is 6.42 Å². The zero-order valence-corrected chi connectivity index (χ0v) is 10.2. The second-order valence-corrected chi connectivity index (χ2v) is 4.04. The van der Waals surface area contributed by atoms with Gasteiger partial charge in [-0.05, 0) is 17.7 Å². The van der Waals surface area contributed by atoms with E-state index in [1.807, 2.05) is 0 Å². The summed E-state index contributed by atoms with van der Waals surface area (Å²) in [5.74, 6) is 5.27. The third-order valence-electron chi connectivity index (χ3n) is 2.10. The minimum Gasteiger partial charge on any atom is -0.398 e. The predicted molar refractivity (Wildman–Crippen MR) is 65.1 cm³/mol. The van der Waals surface area contributed by atoms with Crippen molar-refractivity contribution in [2.24, 2.45) is 11.1 Å². The van der Waals surface area contributed by atoms with Crippen LogP contribution in [0.2, 0.25) is 10.0 Å². The fraction of sp³-hybridized carbons (Fsp3) is 0.222. The van der Waals surface area contributed by atoms with Crippen LogP contribution in [0.4, 0.5) is 5.69 Å². The Hall–Kier alpha value is -1.33. The van der Waals surface area contributed by atoms with Gasteiger partial charge in [-0.25, -0.2) is 5.84 Å². The number of hydrogen-bond acceptors (Lipinski definition) is 3. The molecule has 16 heavy (non-hydrogen) atoms. The van der Waals surface area contributed by atoms with E-state index in [0.717, 1.165) is 5.56 Å². The lowest BCUT2D eigenvalue weighted by atomic mass is 10.1. The van der Waals surface area contributed by atoms with Gasteiger partial charge in [0.2, 0.25) is 0 Å². The maximum absolute atomic E-state index is 7.67. The van der Waals surface area contributed by atoms with Crippen LogP contribution < -0.4 is 11.6 Å². The normalized spacial score (nSPS) is 11.6. The molecule has 0 amide bonds. The molecule has 5 N–H and O–H groups in total. The van der Waals surface area contributed by atoms with Gasteiger partial charge in [-0.3, -0.25) is 0 Å². The number of halogens is 2. The smallest absolute Gasteiger partial charge is 0.252 e. The van der Waals surface area contributed by atoms with E-state index in [9.17, 15) is 0 Å². The van der Waals surface area contributed by atoms with E-state index in [2.05, 4.69) is 5.22 Å². The van der Waals surface area contributed by atoms with Crippen molar-refractivity contribution in [3.8, 4) is 0 Å². The Morgan fingerprint density at radius 3 is 2.56 bits per heavy atom. The van der Waals surface area contributed by atoms with Gasteiger partial charge in [0, 0.05) is 10.9 Å². The molecule has 0 atom stereocenters. The summed E-state index contributed by atoms with van der Waals surface area (Å²) in [6.07, 6.45) is 0.292. The van der Waals surface area contributed by atoms with Crippen LogP contribution in [-0.4, -0.2) is 17.6 Å². The first-order chi connectivity index (χ1) is 7.45. The van der Waals surface area contributed by atoms with Gasteiger partial charge < -0.3 is 5.73 Å². The third-order valence-corrected chi connectivity index (χ3v) is 2.83. The fourth-order valence-electron chi connectivity index (χ4n) is 1.12. The molecular formula is C9H12Cl2N5+. The standard InChI is InChI=1S/C9H11Cl2N5/c1-16(15-14)9(13)3-5-2-6(10)7(11)4-8(5)12/h2,4,13-14H,3,12H2,1H3/p+1. The number of anilines is 1. The van der Waals surface area contributed by atoms with Gasteiger partial charge in [0.1, 0.15) is 0 Å². The molecule has 1 aromatic carbocycles. The van der Waals surface area contributed by atoms with Crippen molar-refractivity contribution in [3.05, 3.63) is 27.7 Å². The summed E-state index contributed by atoms with van der Waals surface area (Å²) in [5.41, 5.74) is 6.97. The number of nitrogen functional groups attached to an aromatic ring is 1. The van der Waals surface area contributed by atoms with Gasteiger partial charge in [0.15, 0.2) is 0 Å². The summed E-state index contributed by atoms with van der Waals surface area (Å²) >= 11 is 11.7. The molecule has 0 heterocycles. The summed E-state index contributed by atoms with van der Waals surface area (Å²) in [7, 11) is 1.58. The quantitative estimate of drug-likeness (QED) is 0.145. The molecule has 0 unspecified atom stereocenters. The Bertz CT molecular complexity index is 455. The number of benzene rings is 1. The molecule has 0 saturated heterocycles. The van der Waals surface area contributed by atoms with Gasteiger partial charge >= 0.3 is 0 Å². The number of hydrogen-bond donors (Lipinski definition) is 3. The lowest BCUT2D eigenvalue weighted by Gasteiger charge is -2.06. The van der Waals surface area contributed by atoms with Crippen LogP contribution in [0.25, 0.3) is 0 Å². The van der Waals surface area contributed by atoms with Crippen molar-refractivity contribution in [1.82, 2.24) is 0 Å². The highest BCUT2D eigenvalue weighted by Crippen LogP contribution is 2.27. The van der Waals surface area contributed by atoms with Crippen LogP contribution >= 0.6 is 23.2 Å². The highest BCUT2D eigenvalue weighted by atomic mass is 35.5. The maximum atomic E-state index is 7.67. The molecule has 1 aromatic rings. The van der Waals surface area contributed by atoms with Gasteiger partial charge in [-0.15, -0.1) is 4.70 Å². The first-order valence-electron chi connectivity index (χ1n) is 4.41. The SMILES string of the molecule is C[N+](=NN)C(=N)Cc1cc(Cl)c(Cl)cc1N. The van der Waals surface area contributed by atoms with E-state index in [1.54, 1.807) is 19.2 Å². The first kappa shape index (κ1) is 12.7. The number of nitrogens with one attached hydrogen (secondary N) is 1. The summed E-state index contributed by atoms with van der Waals surface area (Å²) in [5, 5.41) is 11.8. The minimum atomic E-state index is 0.215. The lowest BCUT2D eigenvalue weighted by Crippen LogP contribution is -2.18.